The molecule has 6 heteroatoms. The number of carboxylic acid groups (broad SMARTS) is 2. The van der Waals surface area contributed by atoms with E-state index in [1.165, 1.54) is 0 Å². The van der Waals surface area contributed by atoms with E-state index in [1.807, 2.05) is 0 Å². The van der Waals surface area contributed by atoms with E-state index in [4.69, 9.17) is 10.2 Å². The summed E-state index contributed by atoms with van der Waals surface area (Å²) in [5.74, 6) is -2.44. The second kappa shape index (κ2) is 3.17. The van der Waals surface area contributed by atoms with Crippen LogP contribution in [0.3, 0.4) is 0 Å². The highest BCUT2D eigenvalue weighted by Crippen LogP contribution is 2.21. The zero-order chi connectivity index (χ0) is 7.02. The Morgan fingerprint density at radius 2 is 1.40 bits per heavy atom. The third-order valence-electron chi connectivity index (χ3n) is 0.978. The van der Waals surface area contributed by atoms with Crippen molar-refractivity contribution in [2.45, 2.75) is 12.2 Å². The Bertz CT molecular complexity index is 149. The molecule has 0 bridgehead atoms. The summed E-state index contributed by atoms with van der Waals surface area (Å²) < 4.78 is 4.24. The third kappa shape index (κ3) is 1.82. The minimum absolute atomic E-state index is 0. The van der Waals surface area contributed by atoms with Crippen molar-refractivity contribution in [3.8, 4) is 0 Å². The average Bonchev–Trinajstić information content (AvgIpc) is 2.39. The second-order valence-corrected chi connectivity index (χ2v) is 1.65. The fourth-order valence-electron chi connectivity index (χ4n) is 0.488. The number of hydrogen-bond donors (Lipinski definition) is 2. The zero-order valence-electron chi connectivity index (χ0n) is 4.27. The fraction of sp³-hybridized carbons (Fsp3) is 0.500. The standard InChI is InChI=1S/C4H4O5.Mg.2H/c5-3(6)1-2(9-1)4(7)8;;;/h1-2H,(H,5,6)(H,7,8);;;. The molecular weight excluding hydrogens is 152 g/mol. The van der Waals surface area contributed by atoms with Gasteiger partial charge in [0.1, 0.15) is 0 Å². The molecule has 0 aliphatic carbocycles. The Kier molecular flexibility index (Phi) is 3.07. The number of epoxide rings is 1. The maximum atomic E-state index is 9.89. The molecule has 10 heavy (non-hydrogen) atoms. The Labute approximate surface area is 72.1 Å². The summed E-state index contributed by atoms with van der Waals surface area (Å²) in [6.45, 7) is 0. The van der Waals surface area contributed by atoms with E-state index in [2.05, 4.69) is 4.74 Å². The molecule has 0 aromatic heterocycles. The molecule has 0 saturated carbocycles. The highest BCUT2D eigenvalue weighted by atomic mass is 24.3. The maximum Gasteiger partial charge on any atom is 0.336 e. The monoisotopic (exact) mass is 158 g/mol. The van der Waals surface area contributed by atoms with Crippen LogP contribution in [0, 0.1) is 0 Å². The molecule has 54 valence electrons. The van der Waals surface area contributed by atoms with Gasteiger partial charge >= 0.3 is 35.0 Å². The average molecular weight is 158 g/mol. The first-order valence-corrected chi connectivity index (χ1v) is 2.24. The van der Waals surface area contributed by atoms with E-state index in [0.29, 0.717) is 0 Å². The van der Waals surface area contributed by atoms with Crippen LogP contribution in [0.4, 0.5) is 0 Å². The molecule has 0 spiro atoms. The van der Waals surface area contributed by atoms with Crippen molar-refractivity contribution < 1.29 is 24.5 Å². The van der Waals surface area contributed by atoms with Gasteiger partial charge < -0.3 is 14.9 Å². The third-order valence-corrected chi connectivity index (χ3v) is 0.978. The normalized spacial score (nSPS) is 28.4. The predicted molar refractivity (Wildman–Crippen MR) is 32.5 cm³/mol. The highest BCUT2D eigenvalue weighted by molar-refractivity contribution is 5.87. The second-order valence-electron chi connectivity index (χ2n) is 1.65. The SMILES string of the molecule is O=C(O)C1OC1C(=O)O.[MgH2]. The largest absolute Gasteiger partial charge is 0.479 e. The lowest BCUT2D eigenvalue weighted by Gasteiger charge is -1.78. The molecule has 2 unspecified atom stereocenters. The Balaban J connectivity index is 0.000000810. The Morgan fingerprint density at radius 1 is 1.10 bits per heavy atom. The van der Waals surface area contributed by atoms with Gasteiger partial charge in [0.25, 0.3) is 0 Å². The molecule has 1 heterocycles. The first-order chi connectivity index (χ1) is 4.13. The van der Waals surface area contributed by atoms with Gasteiger partial charge in [-0.1, -0.05) is 0 Å². The van der Waals surface area contributed by atoms with E-state index in [-0.39, 0.29) is 23.1 Å². The van der Waals surface area contributed by atoms with E-state index in [1.54, 1.807) is 0 Å². The van der Waals surface area contributed by atoms with E-state index >= 15 is 0 Å². The van der Waals surface area contributed by atoms with Gasteiger partial charge in [-0.15, -0.1) is 0 Å². The van der Waals surface area contributed by atoms with Crippen molar-refractivity contribution in [3.63, 3.8) is 0 Å². The summed E-state index contributed by atoms with van der Waals surface area (Å²) in [7, 11) is 0. The summed E-state index contributed by atoms with van der Waals surface area (Å²) in [4.78, 5) is 19.8. The van der Waals surface area contributed by atoms with Crippen molar-refractivity contribution in [1.29, 1.82) is 0 Å². The van der Waals surface area contributed by atoms with Gasteiger partial charge in [-0.25, -0.2) is 9.59 Å². The van der Waals surface area contributed by atoms with Crippen molar-refractivity contribution in [2.24, 2.45) is 0 Å². The number of rotatable bonds is 2. The number of carbonyl (C=O) groups is 2. The van der Waals surface area contributed by atoms with E-state index in [9.17, 15) is 9.59 Å². The Morgan fingerprint density at radius 3 is 1.50 bits per heavy atom. The number of aliphatic carboxylic acids is 2. The van der Waals surface area contributed by atoms with Gasteiger partial charge in [0.05, 0.1) is 0 Å². The number of carboxylic acids is 2. The zero-order valence-corrected chi connectivity index (χ0v) is 4.27. The van der Waals surface area contributed by atoms with Crippen LogP contribution in [0.5, 0.6) is 0 Å². The lowest BCUT2D eigenvalue weighted by atomic mass is 10.3. The molecule has 0 aromatic carbocycles. The maximum absolute atomic E-state index is 9.89. The molecule has 2 atom stereocenters. The molecule has 1 saturated heterocycles. The molecule has 1 fully saturated rings. The van der Waals surface area contributed by atoms with Crippen LogP contribution >= 0.6 is 0 Å². The smallest absolute Gasteiger partial charge is 0.336 e. The summed E-state index contributed by atoms with van der Waals surface area (Å²) in [5, 5.41) is 16.2. The van der Waals surface area contributed by atoms with Crippen LogP contribution in [-0.4, -0.2) is 57.4 Å². The molecule has 0 amide bonds. The quantitative estimate of drug-likeness (QED) is 0.359. The van der Waals surface area contributed by atoms with Gasteiger partial charge in [-0.3, -0.25) is 0 Å². The Hall–Kier alpha value is -0.334. The molecular formula is C4H6MgO5. The van der Waals surface area contributed by atoms with Crippen LogP contribution in [0.15, 0.2) is 0 Å². The highest BCUT2D eigenvalue weighted by Gasteiger charge is 2.50. The summed E-state index contributed by atoms with van der Waals surface area (Å²) in [5.41, 5.74) is 0. The lowest BCUT2D eigenvalue weighted by molar-refractivity contribution is -0.140. The van der Waals surface area contributed by atoms with Gasteiger partial charge in [-0.05, 0) is 0 Å². The molecule has 1 rings (SSSR count). The van der Waals surface area contributed by atoms with E-state index < -0.39 is 24.1 Å². The molecule has 5 nitrogen and oxygen atoms in total. The first kappa shape index (κ1) is 9.67. The molecule has 1 aliphatic heterocycles. The lowest BCUT2D eigenvalue weighted by Crippen LogP contribution is -2.14. The van der Waals surface area contributed by atoms with Crippen molar-refractivity contribution in [1.82, 2.24) is 0 Å². The molecule has 1 aliphatic rings. The topological polar surface area (TPSA) is 87.1 Å². The summed E-state index contributed by atoms with van der Waals surface area (Å²) in [6, 6.07) is 0. The van der Waals surface area contributed by atoms with Crippen molar-refractivity contribution in [2.75, 3.05) is 0 Å². The van der Waals surface area contributed by atoms with Gasteiger partial charge in [0.15, 0.2) is 12.2 Å². The van der Waals surface area contributed by atoms with Crippen LogP contribution < -0.4 is 0 Å². The minimum Gasteiger partial charge on any atom is -0.479 e. The number of ether oxygens (including phenoxy) is 1. The minimum atomic E-state index is -1.22. The van der Waals surface area contributed by atoms with Crippen molar-refractivity contribution in [3.05, 3.63) is 0 Å². The predicted octanol–water partition coefficient (Wildman–Crippen LogP) is -1.99. The number of hydrogen-bond acceptors (Lipinski definition) is 3. The van der Waals surface area contributed by atoms with E-state index in [0.717, 1.165) is 0 Å². The van der Waals surface area contributed by atoms with Crippen molar-refractivity contribution >= 4 is 35.0 Å². The van der Waals surface area contributed by atoms with Crippen LogP contribution in [0.2, 0.25) is 0 Å². The van der Waals surface area contributed by atoms with Gasteiger partial charge in [0.2, 0.25) is 0 Å². The summed E-state index contributed by atoms with van der Waals surface area (Å²) in [6.07, 6.45) is -2.25. The van der Waals surface area contributed by atoms with Crippen LogP contribution in [-0.2, 0) is 14.3 Å². The molecule has 0 aromatic rings. The van der Waals surface area contributed by atoms with Gasteiger partial charge in [0, 0.05) is 0 Å². The van der Waals surface area contributed by atoms with Crippen LogP contribution in [0.1, 0.15) is 0 Å². The first-order valence-electron chi connectivity index (χ1n) is 2.24. The van der Waals surface area contributed by atoms with Gasteiger partial charge in [-0.2, -0.15) is 0 Å². The summed E-state index contributed by atoms with van der Waals surface area (Å²) >= 11 is 0. The van der Waals surface area contributed by atoms with Crippen LogP contribution in [0.25, 0.3) is 0 Å². The molecule has 0 radical (unpaired) electrons. The fourth-order valence-corrected chi connectivity index (χ4v) is 0.488. The molecule has 2 N–H and O–H groups in total.